The van der Waals surface area contributed by atoms with E-state index in [1.807, 2.05) is 58.9 Å². The van der Waals surface area contributed by atoms with Gasteiger partial charge < -0.3 is 9.31 Å². The van der Waals surface area contributed by atoms with Gasteiger partial charge in [0.05, 0.1) is 23.3 Å². The van der Waals surface area contributed by atoms with Gasteiger partial charge in [-0.1, -0.05) is 12.1 Å². The fourth-order valence-electron chi connectivity index (χ4n) is 2.51. The number of hydrazone groups is 1. The summed E-state index contributed by atoms with van der Waals surface area (Å²) in [7, 11) is -0.390. The molecule has 0 aromatic heterocycles. The van der Waals surface area contributed by atoms with Crippen LogP contribution in [-0.2, 0) is 14.1 Å². The van der Waals surface area contributed by atoms with E-state index in [9.17, 15) is 4.79 Å². The lowest BCUT2D eigenvalue weighted by Gasteiger charge is -2.32. The predicted molar refractivity (Wildman–Crippen MR) is 87.4 cm³/mol. The molecule has 2 aliphatic rings. The lowest BCUT2D eigenvalue weighted by Crippen LogP contribution is -2.41. The first-order valence-corrected chi connectivity index (χ1v) is 7.52. The Hall–Kier alpha value is -1.66. The van der Waals surface area contributed by atoms with Crippen molar-refractivity contribution in [3.63, 3.8) is 0 Å². The molecule has 1 amide bonds. The monoisotopic (exact) mass is 300 g/mol. The molecule has 1 saturated heterocycles. The van der Waals surface area contributed by atoms with Crippen molar-refractivity contribution in [1.29, 1.82) is 0 Å². The molecular weight excluding hydrogens is 279 g/mol. The molecule has 22 heavy (non-hydrogen) atoms. The van der Waals surface area contributed by atoms with E-state index in [-0.39, 0.29) is 17.1 Å². The third-order valence-corrected chi connectivity index (χ3v) is 4.58. The molecule has 116 valence electrons. The van der Waals surface area contributed by atoms with Crippen molar-refractivity contribution in [3.05, 3.63) is 24.3 Å². The zero-order valence-corrected chi connectivity index (χ0v) is 13.7. The fourth-order valence-corrected chi connectivity index (χ4v) is 2.51. The molecule has 0 atom stereocenters. The van der Waals surface area contributed by atoms with Crippen LogP contribution in [0, 0.1) is 0 Å². The lowest BCUT2D eigenvalue weighted by atomic mass is 9.79. The first kappa shape index (κ1) is 15.2. The van der Waals surface area contributed by atoms with Crippen molar-refractivity contribution < 1.29 is 14.1 Å². The Balaban J connectivity index is 1.80. The van der Waals surface area contributed by atoms with Gasteiger partial charge in [-0.25, -0.2) is 5.01 Å². The van der Waals surface area contributed by atoms with Crippen LogP contribution < -0.4 is 10.5 Å². The highest BCUT2D eigenvalue weighted by Gasteiger charge is 2.51. The predicted octanol–water partition coefficient (Wildman–Crippen LogP) is 2.10. The van der Waals surface area contributed by atoms with Gasteiger partial charge in [0.15, 0.2) is 0 Å². The summed E-state index contributed by atoms with van der Waals surface area (Å²) < 4.78 is 12.0. The minimum absolute atomic E-state index is 0.000818. The highest BCUT2D eigenvalue weighted by molar-refractivity contribution is 6.62. The molecule has 0 saturated carbocycles. The summed E-state index contributed by atoms with van der Waals surface area (Å²) in [6.07, 6.45) is 0.388. The molecule has 0 N–H and O–H groups in total. The Kier molecular flexibility index (Phi) is 3.42. The zero-order valence-electron chi connectivity index (χ0n) is 13.7. The van der Waals surface area contributed by atoms with Crippen molar-refractivity contribution in [2.24, 2.45) is 5.10 Å². The number of hydrogen-bond donors (Lipinski definition) is 0. The number of nitrogens with zero attached hydrogens (tertiary/aromatic N) is 2. The summed E-state index contributed by atoms with van der Waals surface area (Å²) in [5.74, 6) is 0.000818. The topological polar surface area (TPSA) is 51.1 Å². The smallest absolute Gasteiger partial charge is 0.399 e. The Bertz CT molecular complexity index is 621. The van der Waals surface area contributed by atoms with Gasteiger partial charge in [0.2, 0.25) is 0 Å². The van der Waals surface area contributed by atoms with Crippen LogP contribution in [0.25, 0.3) is 0 Å². The lowest BCUT2D eigenvalue weighted by molar-refractivity contribution is -0.116. The van der Waals surface area contributed by atoms with Crippen molar-refractivity contribution in [2.45, 2.75) is 52.2 Å². The SMILES string of the molecule is CC1=NN(c2ccc(B3OC(C)(C)C(C)(C)O3)cc2)C(=O)C1. The number of rotatable bonds is 2. The van der Waals surface area contributed by atoms with E-state index in [0.29, 0.717) is 6.42 Å². The van der Waals surface area contributed by atoms with Crippen molar-refractivity contribution in [2.75, 3.05) is 5.01 Å². The fraction of sp³-hybridized carbons (Fsp3) is 0.500. The van der Waals surface area contributed by atoms with E-state index >= 15 is 0 Å². The van der Waals surface area contributed by atoms with Crippen LogP contribution in [0.4, 0.5) is 5.69 Å². The summed E-state index contributed by atoms with van der Waals surface area (Å²) in [5.41, 5.74) is 1.82. The molecule has 0 bridgehead atoms. The van der Waals surface area contributed by atoms with E-state index < -0.39 is 7.12 Å². The normalized spacial score (nSPS) is 23.1. The quantitative estimate of drug-likeness (QED) is 0.786. The molecule has 0 spiro atoms. The van der Waals surface area contributed by atoms with Crippen molar-refractivity contribution in [1.82, 2.24) is 0 Å². The second-order valence-electron chi connectivity index (χ2n) is 6.90. The second-order valence-corrected chi connectivity index (χ2v) is 6.90. The number of benzene rings is 1. The van der Waals surface area contributed by atoms with Gasteiger partial charge in [0, 0.05) is 5.71 Å². The average molecular weight is 300 g/mol. The number of anilines is 1. The largest absolute Gasteiger partial charge is 0.494 e. The Morgan fingerprint density at radius 3 is 2.09 bits per heavy atom. The third-order valence-electron chi connectivity index (χ3n) is 4.58. The number of carbonyl (C=O) groups excluding carboxylic acids is 1. The van der Waals surface area contributed by atoms with Gasteiger partial charge in [-0.15, -0.1) is 0 Å². The molecule has 0 radical (unpaired) electrons. The van der Waals surface area contributed by atoms with Crippen LogP contribution >= 0.6 is 0 Å². The van der Waals surface area contributed by atoms with Gasteiger partial charge in [-0.05, 0) is 52.2 Å². The van der Waals surface area contributed by atoms with Crippen LogP contribution in [0.1, 0.15) is 41.0 Å². The van der Waals surface area contributed by atoms with E-state index in [4.69, 9.17) is 9.31 Å². The van der Waals surface area contributed by atoms with Crippen molar-refractivity contribution >= 4 is 29.9 Å². The van der Waals surface area contributed by atoms with Crippen molar-refractivity contribution in [3.8, 4) is 0 Å². The molecule has 2 aliphatic heterocycles. The molecule has 6 heteroatoms. The molecule has 1 fully saturated rings. The van der Waals surface area contributed by atoms with E-state index in [1.165, 1.54) is 5.01 Å². The van der Waals surface area contributed by atoms with Gasteiger partial charge in [-0.3, -0.25) is 4.79 Å². The summed E-state index contributed by atoms with van der Waals surface area (Å²) in [6.45, 7) is 9.98. The summed E-state index contributed by atoms with van der Waals surface area (Å²) in [4.78, 5) is 11.9. The van der Waals surface area contributed by atoms with Gasteiger partial charge in [0.1, 0.15) is 0 Å². The molecule has 3 rings (SSSR count). The molecular formula is C16H21BN2O3. The summed E-state index contributed by atoms with van der Waals surface area (Å²) >= 11 is 0. The van der Waals surface area contributed by atoms with E-state index in [0.717, 1.165) is 16.9 Å². The average Bonchev–Trinajstić information content (AvgIpc) is 2.86. The third kappa shape index (κ3) is 2.46. The van der Waals surface area contributed by atoms with Crippen LogP contribution in [0.5, 0.6) is 0 Å². The molecule has 0 unspecified atom stereocenters. The number of carbonyl (C=O) groups is 1. The molecule has 1 aromatic carbocycles. The standard InChI is InChI=1S/C16H21BN2O3/c1-11-10-14(20)19(18-11)13-8-6-12(7-9-13)17-21-15(2,3)16(4,5)22-17/h6-9H,10H2,1-5H3. The first-order chi connectivity index (χ1) is 10.2. The zero-order chi connectivity index (χ0) is 16.1. The van der Waals surface area contributed by atoms with E-state index in [1.54, 1.807) is 0 Å². The first-order valence-electron chi connectivity index (χ1n) is 7.52. The highest BCUT2D eigenvalue weighted by atomic mass is 16.7. The minimum atomic E-state index is -0.390. The summed E-state index contributed by atoms with van der Waals surface area (Å²) in [5, 5.41) is 5.70. The van der Waals surface area contributed by atoms with Gasteiger partial charge in [-0.2, -0.15) is 5.10 Å². The van der Waals surface area contributed by atoms with Crippen LogP contribution in [0.15, 0.2) is 29.4 Å². The Labute approximate surface area is 131 Å². The maximum atomic E-state index is 11.9. The number of amides is 1. The molecule has 5 nitrogen and oxygen atoms in total. The highest BCUT2D eigenvalue weighted by Crippen LogP contribution is 2.36. The van der Waals surface area contributed by atoms with E-state index in [2.05, 4.69) is 5.10 Å². The van der Waals surface area contributed by atoms with Crippen LogP contribution in [0.2, 0.25) is 0 Å². The second kappa shape index (κ2) is 4.93. The maximum Gasteiger partial charge on any atom is 0.494 e. The molecule has 1 aromatic rings. The van der Waals surface area contributed by atoms with Gasteiger partial charge >= 0.3 is 7.12 Å². The summed E-state index contributed by atoms with van der Waals surface area (Å²) in [6, 6.07) is 7.60. The number of hydrogen-bond acceptors (Lipinski definition) is 4. The minimum Gasteiger partial charge on any atom is -0.399 e. The molecule has 0 aliphatic carbocycles. The Morgan fingerprint density at radius 1 is 1.09 bits per heavy atom. The van der Waals surface area contributed by atoms with Crippen LogP contribution in [-0.4, -0.2) is 29.9 Å². The maximum absolute atomic E-state index is 11.9. The van der Waals surface area contributed by atoms with Crippen LogP contribution in [0.3, 0.4) is 0 Å². The van der Waals surface area contributed by atoms with Gasteiger partial charge in [0.25, 0.3) is 5.91 Å². The molecule has 2 heterocycles. The Morgan fingerprint density at radius 2 is 1.64 bits per heavy atom.